The first kappa shape index (κ1) is 16.0. The molecule has 1 aliphatic rings. The number of rotatable bonds is 4. The molecule has 2 aromatic heterocycles. The van der Waals surface area contributed by atoms with Gasteiger partial charge in [-0.3, -0.25) is 4.79 Å². The Balaban J connectivity index is 1.99. The zero-order chi connectivity index (χ0) is 16.6. The minimum absolute atomic E-state index is 0.00160. The quantitative estimate of drug-likeness (QED) is 0.874. The van der Waals surface area contributed by atoms with Crippen molar-refractivity contribution in [2.75, 3.05) is 18.0 Å². The number of nitrogens with zero attached hydrogens (tertiary/aromatic N) is 3. The Labute approximate surface area is 141 Å². The number of pyridine rings is 2. The third-order valence-corrected chi connectivity index (χ3v) is 4.58. The molecule has 0 spiro atoms. The largest absolute Gasteiger partial charge is 0.354 e. The van der Waals surface area contributed by atoms with Crippen molar-refractivity contribution in [3.8, 4) is 0 Å². The van der Waals surface area contributed by atoms with Gasteiger partial charge in [0.15, 0.2) is 0 Å². The number of anilines is 1. The van der Waals surface area contributed by atoms with Crippen molar-refractivity contribution in [2.45, 2.75) is 39.2 Å². The van der Waals surface area contributed by atoms with Gasteiger partial charge in [0, 0.05) is 43.8 Å². The maximum absolute atomic E-state index is 11.1. The smallest absolute Gasteiger partial charge is 0.216 e. The van der Waals surface area contributed by atoms with Gasteiger partial charge in [0.2, 0.25) is 5.91 Å². The molecule has 23 heavy (non-hydrogen) atoms. The van der Waals surface area contributed by atoms with E-state index in [1.807, 2.05) is 12.3 Å². The highest BCUT2D eigenvalue weighted by atomic mass is 35.5. The van der Waals surface area contributed by atoms with Crippen molar-refractivity contribution in [3.63, 3.8) is 0 Å². The Hall–Kier alpha value is -1.88. The highest BCUT2D eigenvalue weighted by Gasteiger charge is 2.30. The average Bonchev–Trinajstić information content (AvgIpc) is 2.45. The molecule has 1 aliphatic heterocycles. The summed E-state index contributed by atoms with van der Waals surface area (Å²) in [7, 11) is 0. The molecule has 1 fully saturated rings. The van der Waals surface area contributed by atoms with E-state index in [2.05, 4.69) is 34.0 Å². The molecule has 1 saturated heterocycles. The van der Waals surface area contributed by atoms with Gasteiger partial charge in [-0.25, -0.2) is 9.97 Å². The first-order valence-corrected chi connectivity index (χ1v) is 8.30. The Morgan fingerprint density at radius 1 is 1.39 bits per heavy atom. The van der Waals surface area contributed by atoms with Gasteiger partial charge in [0.25, 0.3) is 0 Å². The molecule has 3 heterocycles. The van der Waals surface area contributed by atoms with Crippen molar-refractivity contribution < 1.29 is 4.79 Å². The highest BCUT2D eigenvalue weighted by molar-refractivity contribution is 6.30. The summed E-state index contributed by atoms with van der Waals surface area (Å²) in [4.78, 5) is 22.3. The molecule has 1 amide bonds. The van der Waals surface area contributed by atoms with E-state index >= 15 is 0 Å². The number of aromatic nitrogens is 2. The lowest BCUT2D eigenvalue weighted by molar-refractivity contribution is -0.119. The van der Waals surface area contributed by atoms with Crippen LogP contribution in [0.15, 0.2) is 18.5 Å². The minimum atomic E-state index is -0.00160. The number of fused-ring (bicyclic) bond motifs is 1. The number of amides is 1. The van der Waals surface area contributed by atoms with Crippen molar-refractivity contribution in [2.24, 2.45) is 0 Å². The molecule has 0 aliphatic carbocycles. The van der Waals surface area contributed by atoms with E-state index in [0.717, 1.165) is 29.6 Å². The summed E-state index contributed by atoms with van der Waals surface area (Å²) in [6.07, 6.45) is 4.79. The third kappa shape index (κ3) is 3.11. The van der Waals surface area contributed by atoms with E-state index in [-0.39, 0.29) is 11.9 Å². The SMILES string of the molecule is CC(=O)NCC1CCN1c1ncc(C(C)C)c2cc(Cl)ncc12. The molecule has 2 aromatic rings. The second-order valence-electron chi connectivity index (χ2n) is 6.32. The monoisotopic (exact) mass is 332 g/mol. The van der Waals surface area contributed by atoms with Crippen LogP contribution in [-0.4, -0.2) is 35.0 Å². The fourth-order valence-electron chi connectivity index (χ4n) is 3.00. The van der Waals surface area contributed by atoms with Gasteiger partial charge in [0.05, 0.1) is 0 Å². The van der Waals surface area contributed by atoms with Crippen molar-refractivity contribution in [1.82, 2.24) is 15.3 Å². The zero-order valence-electron chi connectivity index (χ0n) is 13.6. The molecule has 0 saturated carbocycles. The van der Waals surface area contributed by atoms with Crippen molar-refractivity contribution >= 4 is 34.1 Å². The average molecular weight is 333 g/mol. The number of hydrogen-bond donors (Lipinski definition) is 1. The van der Waals surface area contributed by atoms with Crippen LogP contribution >= 0.6 is 11.6 Å². The van der Waals surface area contributed by atoms with Crippen LogP contribution in [0.5, 0.6) is 0 Å². The van der Waals surface area contributed by atoms with E-state index in [9.17, 15) is 4.79 Å². The third-order valence-electron chi connectivity index (χ3n) is 4.37. The van der Waals surface area contributed by atoms with E-state index in [4.69, 9.17) is 11.6 Å². The van der Waals surface area contributed by atoms with E-state index in [0.29, 0.717) is 17.6 Å². The van der Waals surface area contributed by atoms with Crippen LogP contribution in [0.1, 0.15) is 38.7 Å². The van der Waals surface area contributed by atoms with Crippen LogP contribution in [0, 0.1) is 0 Å². The van der Waals surface area contributed by atoms with Gasteiger partial charge in [-0.05, 0) is 29.4 Å². The summed E-state index contributed by atoms with van der Waals surface area (Å²) in [6, 6.07) is 2.20. The molecule has 1 unspecified atom stereocenters. The van der Waals surface area contributed by atoms with E-state index in [1.54, 1.807) is 13.1 Å². The Kier molecular flexibility index (Phi) is 4.39. The Morgan fingerprint density at radius 2 is 2.17 bits per heavy atom. The number of carbonyl (C=O) groups excluding carboxylic acids is 1. The zero-order valence-corrected chi connectivity index (χ0v) is 14.4. The summed E-state index contributed by atoms with van der Waals surface area (Å²) < 4.78 is 0. The normalized spacial score (nSPS) is 17.4. The summed E-state index contributed by atoms with van der Waals surface area (Å²) in [5.41, 5.74) is 1.17. The van der Waals surface area contributed by atoms with Gasteiger partial charge < -0.3 is 10.2 Å². The van der Waals surface area contributed by atoms with Crippen LogP contribution in [0.2, 0.25) is 5.15 Å². The molecule has 0 radical (unpaired) electrons. The van der Waals surface area contributed by atoms with Gasteiger partial charge in [-0.2, -0.15) is 0 Å². The standard InChI is InChI=1S/C17H21ClN4O/c1-10(2)14-8-21-17(15-9-20-16(18)6-13(14)15)22-5-4-12(22)7-19-11(3)23/h6,8-10,12H,4-5,7H2,1-3H3,(H,19,23). The maximum atomic E-state index is 11.1. The Morgan fingerprint density at radius 3 is 2.78 bits per heavy atom. The number of carbonyl (C=O) groups is 1. The lowest BCUT2D eigenvalue weighted by Gasteiger charge is -2.42. The molecule has 5 nitrogen and oxygen atoms in total. The Bertz CT molecular complexity index is 747. The van der Waals surface area contributed by atoms with Crippen molar-refractivity contribution in [3.05, 3.63) is 29.2 Å². The first-order chi connectivity index (χ1) is 11.0. The van der Waals surface area contributed by atoms with Crippen LogP contribution in [0.3, 0.4) is 0 Å². The van der Waals surface area contributed by atoms with Crippen LogP contribution in [0.4, 0.5) is 5.82 Å². The fraction of sp³-hybridized carbons (Fsp3) is 0.471. The molecular formula is C17H21ClN4O. The highest BCUT2D eigenvalue weighted by Crippen LogP contribution is 2.35. The van der Waals surface area contributed by atoms with E-state index < -0.39 is 0 Å². The number of hydrogen-bond acceptors (Lipinski definition) is 4. The molecule has 122 valence electrons. The van der Waals surface area contributed by atoms with Crippen LogP contribution in [-0.2, 0) is 4.79 Å². The maximum Gasteiger partial charge on any atom is 0.216 e. The topological polar surface area (TPSA) is 58.1 Å². The second kappa shape index (κ2) is 6.32. The second-order valence-corrected chi connectivity index (χ2v) is 6.70. The van der Waals surface area contributed by atoms with Crippen LogP contribution < -0.4 is 10.2 Å². The predicted octanol–water partition coefficient (Wildman–Crippen LogP) is 3.12. The summed E-state index contributed by atoms with van der Waals surface area (Å²) >= 11 is 6.10. The summed E-state index contributed by atoms with van der Waals surface area (Å²) in [6.45, 7) is 7.42. The van der Waals surface area contributed by atoms with Gasteiger partial charge >= 0.3 is 0 Å². The molecule has 6 heteroatoms. The first-order valence-electron chi connectivity index (χ1n) is 7.92. The van der Waals surface area contributed by atoms with Crippen molar-refractivity contribution in [1.29, 1.82) is 0 Å². The number of nitrogens with one attached hydrogen (secondary N) is 1. The minimum Gasteiger partial charge on any atom is -0.354 e. The van der Waals surface area contributed by atoms with E-state index in [1.165, 1.54) is 5.56 Å². The van der Waals surface area contributed by atoms with Gasteiger partial charge in [-0.1, -0.05) is 25.4 Å². The lowest BCUT2D eigenvalue weighted by Crippen LogP contribution is -2.53. The number of halogens is 1. The van der Waals surface area contributed by atoms with Gasteiger partial charge in [0.1, 0.15) is 11.0 Å². The van der Waals surface area contributed by atoms with Crippen LogP contribution in [0.25, 0.3) is 10.8 Å². The molecule has 0 aromatic carbocycles. The molecule has 1 N–H and O–H groups in total. The molecule has 1 atom stereocenters. The lowest BCUT2D eigenvalue weighted by atomic mass is 9.97. The molecule has 3 rings (SSSR count). The predicted molar refractivity (Wildman–Crippen MR) is 93.1 cm³/mol. The van der Waals surface area contributed by atoms with Gasteiger partial charge in [-0.15, -0.1) is 0 Å². The molecule has 0 bridgehead atoms. The molecular weight excluding hydrogens is 312 g/mol. The summed E-state index contributed by atoms with van der Waals surface area (Å²) in [5.74, 6) is 1.29. The fourth-order valence-corrected chi connectivity index (χ4v) is 3.16. The summed E-state index contributed by atoms with van der Waals surface area (Å²) in [5, 5.41) is 5.51.